The fourth-order valence-corrected chi connectivity index (χ4v) is 2.60. The summed E-state index contributed by atoms with van der Waals surface area (Å²) in [6.45, 7) is 7.97. The van der Waals surface area contributed by atoms with Gasteiger partial charge in [-0.3, -0.25) is 0 Å². The van der Waals surface area contributed by atoms with E-state index in [4.69, 9.17) is 5.73 Å². The Labute approximate surface area is 90.5 Å². The molecule has 15 heavy (non-hydrogen) atoms. The van der Waals surface area contributed by atoms with Crippen LogP contribution in [0.3, 0.4) is 0 Å². The van der Waals surface area contributed by atoms with Crippen LogP contribution in [0.25, 0.3) is 0 Å². The van der Waals surface area contributed by atoms with Crippen LogP contribution in [0.2, 0.25) is 0 Å². The van der Waals surface area contributed by atoms with Gasteiger partial charge in [0.25, 0.3) is 0 Å². The van der Waals surface area contributed by atoms with Gasteiger partial charge in [0.2, 0.25) is 0 Å². The van der Waals surface area contributed by atoms with Crippen molar-refractivity contribution in [3.8, 4) is 0 Å². The van der Waals surface area contributed by atoms with Gasteiger partial charge in [-0.25, -0.2) is 4.79 Å². The third-order valence-electron chi connectivity index (χ3n) is 3.52. The van der Waals surface area contributed by atoms with Crippen molar-refractivity contribution in [2.75, 3.05) is 13.1 Å². The van der Waals surface area contributed by atoms with E-state index in [0.717, 1.165) is 11.3 Å². The molecule has 3 unspecified atom stereocenters. The van der Waals surface area contributed by atoms with Crippen molar-refractivity contribution in [2.45, 2.75) is 32.8 Å². The number of nitrogens with two attached hydrogens (primary N) is 1. The Morgan fingerprint density at radius 2 is 2.13 bits per heavy atom. The van der Waals surface area contributed by atoms with Crippen molar-refractivity contribution in [3.05, 3.63) is 0 Å². The maximum atomic E-state index is 10.0. The van der Waals surface area contributed by atoms with Gasteiger partial charge in [-0.2, -0.15) is 0 Å². The van der Waals surface area contributed by atoms with E-state index in [9.17, 15) is 4.79 Å². The fourth-order valence-electron chi connectivity index (χ4n) is 2.60. The number of rotatable bonds is 0. The molecule has 86 valence electrons. The monoisotopic (exact) mass is 212 g/mol. The molecule has 0 aromatic heterocycles. The van der Waals surface area contributed by atoms with E-state index in [1.807, 2.05) is 0 Å². The summed E-state index contributed by atoms with van der Waals surface area (Å²) in [6, 6.07) is 0. The molecule has 0 aromatic rings. The van der Waals surface area contributed by atoms with Crippen molar-refractivity contribution in [2.24, 2.45) is 23.0 Å². The maximum Gasteiger partial charge on any atom is 0.405 e. The minimum atomic E-state index is -0.725. The van der Waals surface area contributed by atoms with Crippen molar-refractivity contribution in [3.63, 3.8) is 0 Å². The maximum absolute atomic E-state index is 10.0. The van der Waals surface area contributed by atoms with E-state index in [0.29, 0.717) is 0 Å². The zero-order chi connectivity index (χ0) is 11.3. The van der Waals surface area contributed by atoms with Gasteiger partial charge in [-0.15, -0.1) is 0 Å². The normalized spacial score (nSPS) is 39.4. The first kappa shape index (κ1) is 10.7. The largest absolute Gasteiger partial charge is 0.444 e. The SMILES string of the molecule is C1NCC23CC2C13.CC(C)(C)OC(N)=O. The highest BCUT2D eigenvalue weighted by molar-refractivity contribution is 5.65. The van der Waals surface area contributed by atoms with Gasteiger partial charge in [-0.1, -0.05) is 0 Å². The average Bonchev–Trinajstić information content (AvgIpc) is 2.79. The topological polar surface area (TPSA) is 64.3 Å². The molecular formula is C11H20N2O2. The molecule has 3 atom stereocenters. The van der Waals surface area contributed by atoms with Crippen LogP contribution in [0.15, 0.2) is 0 Å². The van der Waals surface area contributed by atoms with Crippen molar-refractivity contribution < 1.29 is 9.53 Å². The summed E-state index contributed by atoms with van der Waals surface area (Å²) < 4.78 is 4.58. The molecular weight excluding hydrogens is 192 g/mol. The average molecular weight is 212 g/mol. The molecule has 3 rings (SSSR count). The highest BCUT2D eigenvalue weighted by Crippen LogP contribution is 2.81. The summed E-state index contributed by atoms with van der Waals surface area (Å²) in [6.07, 6.45) is 0.836. The molecule has 2 saturated carbocycles. The smallest absolute Gasteiger partial charge is 0.405 e. The lowest BCUT2D eigenvalue weighted by Gasteiger charge is -2.16. The van der Waals surface area contributed by atoms with Crippen LogP contribution in [-0.4, -0.2) is 24.8 Å². The number of carbonyl (C=O) groups excluding carboxylic acids is 1. The number of fused-ring (bicyclic) bond motifs is 1. The third kappa shape index (κ3) is 2.09. The van der Waals surface area contributed by atoms with E-state index < -0.39 is 11.7 Å². The van der Waals surface area contributed by atoms with E-state index in [2.05, 4.69) is 10.1 Å². The summed E-state index contributed by atoms with van der Waals surface area (Å²) in [5.74, 6) is 2.35. The number of carbonyl (C=O) groups is 1. The van der Waals surface area contributed by atoms with E-state index in [1.165, 1.54) is 19.0 Å². The predicted octanol–water partition coefficient (Wildman–Crippen LogP) is 1.11. The molecule has 1 spiro atoms. The summed E-state index contributed by atoms with van der Waals surface area (Å²) in [5, 5.41) is 3.40. The van der Waals surface area contributed by atoms with Crippen LogP contribution in [0.1, 0.15) is 27.2 Å². The molecule has 3 N–H and O–H groups in total. The fraction of sp³-hybridized carbons (Fsp3) is 0.909. The lowest BCUT2D eigenvalue weighted by molar-refractivity contribution is 0.0600. The van der Waals surface area contributed by atoms with Crippen molar-refractivity contribution in [1.82, 2.24) is 5.32 Å². The van der Waals surface area contributed by atoms with Gasteiger partial charge in [0.05, 0.1) is 0 Å². The Hall–Kier alpha value is -0.770. The number of nitrogens with one attached hydrogen (secondary N) is 1. The van der Waals surface area contributed by atoms with E-state index >= 15 is 0 Å². The molecule has 3 fully saturated rings. The van der Waals surface area contributed by atoms with E-state index in [1.54, 1.807) is 27.2 Å². The van der Waals surface area contributed by atoms with Crippen molar-refractivity contribution in [1.29, 1.82) is 0 Å². The summed E-state index contributed by atoms with van der Waals surface area (Å²) >= 11 is 0. The van der Waals surface area contributed by atoms with Gasteiger partial charge < -0.3 is 15.8 Å². The Bertz CT molecular complexity index is 285. The number of amides is 1. The molecule has 3 aliphatic rings. The van der Waals surface area contributed by atoms with Crippen LogP contribution in [0, 0.1) is 17.3 Å². The molecule has 1 amide bonds. The lowest BCUT2D eigenvalue weighted by atomic mass is 10.1. The number of piperidine rings is 1. The first-order chi connectivity index (χ1) is 6.85. The molecule has 0 bridgehead atoms. The molecule has 0 aromatic carbocycles. The van der Waals surface area contributed by atoms with Crippen LogP contribution < -0.4 is 11.1 Å². The lowest BCUT2D eigenvalue weighted by Crippen LogP contribution is -2.27. The van der Waals surface area contributed by atoms with Gasteiger partial charge in [0.1, 0.15) is 5.60 Å². The summed E-state index contributed by atoms with van der Waals surface area (Å²) in [5.41, 5.74) is 5.18. The minimum Gasteiger partial charge on any atom is -0.444 e. The molecule has 1 saturated heterocycles. The van der Waals surface area contributed by atoms with E-state index in [-0.39, 0.29) is 0 Å². The van der Waals surface area contributed by atoms with Gasteiger partial charge >= 0.3 is 6.09 Å². The number of hydrogen-bond acceptors (Lipinski definition) is 3. The first-order valence-electron chi connectivity index (χ1n) is 5.54. The molecule has 1 heterocycles. The zero-order valence-electron chi connectivity index (χ0n) is 9.67. The molecule has 4 nitrogen and oxygen atoms in total. The molecule has 1 aliphatic heterocycles. The van der Waals surface area contributed by atoms with Gasteiger partial charge in [0, 0.05) is 6.54 Å². The van der Waals surface area contributed by atoms with Gasteiger partial charge in [-0.05, 0) is 51.0 Å². The van der Waals surface area contributed by atoms with Crippen LogP contribution in [-0.2, 0) is 4.74 Å². The minimum absolute atomic E-state index is 0.453. The molecule has 0 radical (unpaired) electrons. The number of ether oxygens (including phenoxy) is 1. The molecule has 2 aliphatic carbocycles. The Kier molecular flexibility index (Phi) is 2.23. The van der Waals surface area contributed by atoms with Crippen molar-refractivity contribution >= 4 is 6.09 Å². The highest BCUT2D eigenvalue weighted by atomic mass is 16.6. The van der Waals surface area contributed by atoms with Crippen LogP contribution >= 0.6 is 0 Å². The van der Waals surface area contributed by atoms with Gasteiger partial charge in [0.15, 0.2) is 0 Å². The predicted molar refractivity (Wildman–Crippen MR) is 57.3 cm³/mol. The summed E-state index contributed by atoms with van der Waals surface area (Å²) in [7, 11) is 0. The highest BCUT2D eigenvalue weighted by Gasteiger charge is 2.79. The Morgan fingerprint density at radius 1 is 1.47 bits per heavy atom. The Morgan fingerprint density at radius 3 is 2.27 bits per heavy atom. The quantitative estimate of drug-likeness (QED) is 0.632. The second kappa shape index (κ2) is 3.11. The summed E-state index contributed by atoms with van der Waals surface area (Å²) in [4.78, 5) is 10.0. The molecule has 4 heteroatoms. The first-order valence-corrected chi connectivity index (χ1v) is 5.54. The third-order valence-corrected chi connectivity index (χ3v) is 3.52. The number of hydrogen-bond donors (Lipinski definition) is 2. The van der Waals surface area contributed by atoms with Crippen LogP contribution in [0.4, 0.5) is 4.79 Å². The van der Waals surface area contributed by atoms with Crippen LogP contribution in [0.5, 0.6) is 0 Å². The number of primary amides is 1. The second-order valence-corrected chi connectivity index (χ2v) is 5.81. The zero-order valence-corrected chi connectivity index (χ0v) is 9.67. The standard InChI is InChI=1S/C6H9N.C5H11NO2/c1-4-5-2-7-3-6(1,4)5;1-5(2,3)8-4(6)7/h4-5,7H,1-3H2;1-3H3,(H2,6,7). The second-order valence-electron chi connectivity index (χ2n) is 5.81. The Balaban J connectivity index is 0.000000113.